The molecule has 0 spiro atoms. The van der Waals surface area contributed by atoms with Crippen molar-refractivity contribution in [2.24, 2.45) is 11.7 Å². The summed E-state index contributed by atoms with van der Waals surface area (Å²) in [5.74, 6) is -0.194. The monoisotopic (exact) mass is 528 g/mol. The van der Waals surface area contributed by atoms with E-state index in [-0.39, 0.29) is 23.7 Å². The van der Waals surface area contributed by atoms with Gasteiger partial charge in [0.25, 0.3) is 5.91 Å². The fraction of sp³-hybridized carbons (Fsp3) is 0.370. The van der Waals surface area contributed by atoms with Crippen LogP contribution in [0.4, 0.5) is 22.7 Å². The highest BCUT2D eigenvalue weighted by molar-refractivity contribution is 6.09. The van der Waals surface area contributed by atoms with E-state index in [1.165, 1.54) is 0 Å². The second-order valence-electron chi connectivity index (χ2n) is 10.2. The molecule has 1 amide bonds. The normalized spacial score (nSPS) is 21.7. The van der Waals surface area contributed by atoms with E-state index in [2.05, 4.69) is 42.3 Å². The van der Waals surface area contributed by atoms with Crippen molar-refractivity contribution in [1.82, 2.24) is 25.0 Å². The molecule has 2 aliphatic heterocycles. The summed E-state index contributed by atoms with van der Waals surface area (Å²) in [7, 11) is 0. The molecule has 5 heterocycles. The number of pyridine rings is 2. The molecule has 0 bridgehead atoms. The molecule has 4 aromatic rings. The van der Waals surface area contributed by atoms with Crippen molar-refractivity contribution in [2.75, 3.05) is 60.2 Å². The first kappa shape index (κ1) is 25.0. The Morgan fingerprint density at radius 3 is 2.72 bits per heavy atom. The van der Waals surface area contributed by atoms with Gasteiger partial charge >= 0.3 is 0 Å². The van der Waals surface area contributed by atoms with Crippen LogP contribution in [-0.4, -0.2) is 76.3 Å². The summed E-state index contributed by atoms with van der Waals surface area (Å²) in [4.78, 5) is 26.8. The Bertz CT molecular complexity index is 1460. The molecule has 0 radical (unpaired) electrons. The Hall–Kier alpha value is -4.29. The maximum Gasteiger partial charge on any atom is 0.276 e. The molecular formula is C27H32N10O2. The molecule has 2 saturated heterocycles. The van der Waals surface area contributed by atoms with Crippen LogP contribution in [0.25, 0.3) is 10.9 Å². The van der Waals surface area contributed by atoms with E-state index in [1.54, 1.807) is 24.7 Å². The Morgan fingerprint density at radius 2 is 1.95 bits per heavy atom. The number of piperidine rings is 1. The van der Waals surface area contributed by atoms with E-state index < -0.39 is 5.91 Å². The van der Waals surface area contributed by atoms with E-state index in [0.717, 1.165) is 36.4 Å². The molecular weight excluding hydrogens is 496 g/mol. The van der Waals surface area contributed by atoms with Crippen LogP contribution >= 0.6 is 0 Å². The summed E-state index contributed by atoms with van der Waals surface area (Å²) in [6.07, 6.45) is 6.86. The molecule has 0 saturated carbocycles. The highest BCUT2D eigenvalue weighted by Crippen LogP contribution is 2.34. The lowest BCUT2D eigenvalue weighted by molar-refractivity contribution is 0.102. The first-order valence-electron chi connectivity index (χ1n) is 13.1. The maximum absolute atomic E-state index is 13.5. The molecule has 2 fully saturated rings. The molecule has 202 valence electrons. The fourth-order valence-corrected chi connectivity index (χ4v) is 5.66. The van der Waals surface area contributed by atoms with Gasteiger partial charge in [0, 0.05) is 55.7 Å². The van der Waals surface area contributed by atoms with Crippen molar-refractivity contribution in [1.29, 1.82) is 0 Å². The van der Waals surface area contributed by atoms with Gasteiger partial charge in [0.1, 0.15) is 0 Å². The van der Waals surface area contributed by atoms with Gasteiger partial charge in [-0.3, -0.25) is 9.78 Å². The van der Waals surface area contributed by atoms with Gasteiger partial charge in [0.2, 0.25) is 0 Å². The summed E-state index contributed by atoms with van der Waals surface area (Å²) in [6.45, 7) is 6.47. The Balaban J connectivity index is 1.24. The van der Waals surface area contributed by atoms with Gasteiger partial charge in [0.05, 0.1) is 54.2 Å². The van der Waals surface area contributed by atoms with Gasteiger partial charge in [-0.25, -0.2) is 9.67 Å². The van der Waals surface area contributed by atoms with E-state index >= 15 is 0 Å². The lowest BCUT2D eigenvalue weighted by Gasteiger charge is -2.42. The van der Waals surface area contributed by atoms with Crippen LogP contribution < -0.4 is 26.6 Å². The van der Waals surface area contributed by atoms with Crippen molar-refractivity contribution in [3.8, 4) is 0 Å². The number of morpholine rings is 1. The lowest BCUT2D eigenvalue weighted by Crippen LogP contribution is -2.53. The molecule has 3 unspecified atom stereocenters. The first-order chi connectivity index (χ1) is 19.0. The van der Waals surface area contributed by atoms with Crippen LogP contribution in [-0.2, 0) is 4.74 Å². The number of hydrogen-bond donors (Lipinski definition) is 3. The average Bonchev–Trinajstić information content (AvgIpc) is 3.47. The molecule has 12 heteroatoms. The van der Waals surface area contributed by atoms with E-state index in [4.69, 9.17) is 16.2 Å². The van der Waals surface area contributed by atoms with E-state index in [9.17, 15) is 4.79 Å². The quantitative estimate of drug-likeness (QED) is 0.350. The van der Waals surface area contributed by atoms with Crippen molar-refractivity contribution >= 4 is 39.6 Å². The number of nitrogens with one attached hydrogen (secondary N) is 1. The average molecular weight is 529 g/mol. The highest BCUT2D eigenvalue weighted by Gasteiger charge is 2.35. The molecule has 6 rings (SSSR count). The zero-order chi connectivity index (χ0) is 26.9. The number of anilines is 4. The fourth-order valence-electron chi connectivity index (χ4n) is 5.66. The zero-order valence-electron chi connectivity index (χ0n) is 21.8. The molecule has 5 N–H and O–H groups in total. The summed E-state index contributed by atoms with van der Waals surface area (Å²) in [5.41, 5.74) is 16.5. The number of carbonyl (C=O) groups excluding carboxylic acids is 1. The van der Waals surface area contributed by atoms with Crippen LogP contribution in [0.1, 0.15) is 23.5 Å². The lowest BCUT2D eigenvalue weighted by atomic mass is 9.90. The van der Waals surface area contributed by atoms with Crippen LogP contribution in [0.2, 0.25) is 0 Å². The van der Waals surface area contributed by atoms with Gasteiger partial charge in [-0.05, 0) is 30.2 Å². The number of aromatic nitrogens is 5. The second kappa shape index (κ2) is 10.5. The van der Waals surface area contributed by atoms with Crippen LogP contribution in [0.15, 0.2) is 55.1 Å². The number of fused-ring (bicyclic) bond motifs is 1. The topological polar surface area (TPSA) is 153 Å². The zero-order valence-corrected chi connectivity index (χ0v) is 21.8. The highest BCUT2D eigenvalue weighted by atomic mass is 16.5. The Labute approximate surface area is 225 Å². The van der Waals surface area contributed by atoms with Gasteiger partial charge < -0.3 is 31.3 Å². The van der Waals surface area contributed by atoms with Gasteiger partial charge in [0.15, 0.2) is 5.69 Å². The minimum Gasteiger partial charge on any atom is -0.397 e. The van der Waals surface area contributed by atoms with E-state index in [1.807, 2.05) is 35.1 Å². The molecule has 39 heavy (non-hydrogen) atoms. The third kappa shape index (κ3) is 4.95. The Kier molecular flexibility index (Phi) is 6.71. The molecule has 1 aromatic carbocycles. The third-order valence-electron chi connectivity index (χ3n) is 7.52. The Morgan fingerprint density at radius 1 is 1.10 bits per heavy atom. The summed E-state index contributed by atoms with van der Waals surface area (Å²) >= 11 is 0. The van der Waals surface area contributed by atoms with Gasteiger partial charge in [-0.2, -0.15) is 0 Å². The van der Waals surface area contributed by atoms with Crippen molar-refractivity contribution in [3.63, 3.8) is 0 Å². The standard InChI is InChI=1S/C27H32N10O2/c1-17-15-36(16-21(29)26(17)37-7-6-31-34-37)24-4-5-30-14-23(24)33-27(38)25-20(28)12-18-2-3-19(13-22(18)32-25)35-8-10-39-11-9-35/h2-7,12-14,17,21,26H,8-11,15-16,28-29H2,1H3,(H,33,38). The predicted octanol–water partition coefficient (Wildman–Crippen LogP) is 1.92. The number of amides is 1. The summed E-state index contributed by atoms with van der Waals surface area (Å²) in [5, 5.41) is 12.0. The minimum absolute atomic E-state index is 0.0348. The summed E-state index contributed by atoms with van der Waals surface area (Å²) < 4.78 is 7.30. The SMILES string of the molecule is CC1CN(c2ccncc2NC(=O)c2nc3cc(N4CCOCC4)ccc3cc2N)CC(N)C1n1ccnn1. The molecule has 3 atom stereocenters. The number of nitrogen functional groups attached to an aromatic ring is 1. The van der Waals surface area contributed by atoms with Gasteiger partial charge in [-0.1, -0.05) is 18.2 Å². The van der Waals surface area contributed by atoms with Crippen LogP contribution in [0.3, 0.4) is 0 Å². The van der Waals surface area contributed by atoms with E-state index in [0.29, 0.717) is 36.6 Å². The molecule has 3 aromatic heterocycles. The molecule has 2 aliphatic rings. The van der Waals surface area contributed by atoms with Crippen molar-refractivity contribution in [3.05, 3.63) is 60.8 Å². The number of carbonyl (C=O) groups is 1. The van der Waals surface area contributed by atoms with Crippen LogP contribution in [0, 0.1) is 5.92 Å². The number of rotatable bonds is 5. The smallest absolute Gasteiger partial charge is 0.276 e. The number of nitrogens with zero attached hydrogens (tertiary/aromatic N) is 7. The van der Waals surface area contributed by atoms with Crippen LogP contribution in [0.5, 0.6) is 0 Å². The largest absolute Gasteiger partial charge is 0.397 e. The number of benzene rings is 1. The van der Waals surface area contributed by atoms with Crippen molar-refractivity contribution < 1.29 is 9.53 Å². The molecule has 0 aliphatic carbocycles. The first-order valence-corrected chi connectivity index (χ1v) is 13.1. The minimum atomic E-state index is -0.393. The third-order valence-corrected chi connectivity index (χ3v) is 7.52. The number of ether oxygens (including phenoxy) is 1. The maximum atomic E-state index is 13.5. The number of nitrogens with two attached hydrogens (primary N) is 2. The molecule has 12 nitrogen and oxygen atoms in total. The van der Waals surface area contributed by atoms with Crippen molar-refractivity contribution in [2.45, 2.75) is 19.0 Å². The number of hydrogen-bond acceptors (Lipinski definition) is 10. The predicted molar refractivity (Wildman–Crippen MR) is 150 cm³/mol. The van der Waals surface area contributed by atoms with Gasteiger partial charge in [-0.15, -0.1) is 5.10 Å². The second-order valence-corrected chi connectivity index (χ2v) is 10.2. The summed E-state index contributed by atoms with van der Waals surface area (Å²) in [6, 6.07) is 9.56.